The monoisotopic (exact) mass is 333 g/mol. The zero-order valence-electron chi connectivity index (χ0n) is 13.3. The molecule has 23 heavy (non-hydrogen) atoms. The van der Waals surface area contributed by atoms with Crippen molar-refractivity contribution in [2.75, 3.05) is 25.4 Å². The molecule has 6 heteroatoms. The highest BCUT2D eigenvalue weighted by atomic mass is 32.2. The summed E-state index contributed by atoms with van der Waals surface area (Å²) in [4.78, 5) is 5.31. The lowest BCUT2D eigenvalue weighted by molar-refractivity contribution is 0.507. The second kappa shape index (κ2) is 9.84. The van der Waals surface area contributed by atoms with Gasteiger partial charge in [0, 0.05) is 30.2 Å². The van der Waals surface area contributed by atoms with Crippen molar-refractivity contribution in [3.05, 3.63) is 54.5 Å². The Hall–Kier alpha value is -2.08. The van der Waals surface area contributed by atoms with Gasteiger partial charge in [0.05, 0.1) is 23.6 Å². The Morgan fingerprint density at radius 3 is 2.70 bits per heavy atom. The van der Waals surface area contributed by atoms with Crippen molar-refractivity contribution in [3.8, 4) is 0 Å². The maximum absolute atomic E-state index is 12.1. The molecule has 1 unspecified atom stereocenters. The molecule has 0 aliphatic heterocycles. The largest absolute Gasteiger partial charge is 0.469 e. The van der Waals surface area contributed by atoms with Gasteiger partial charge in [-0.1, -0.05) is 18.2 Å². The second-order valence-electron chi connectivity index (χ2n) is 4.88. The van der Waals surface area contributed by atoms with E-state index in [4.69, 9.17) is 4.42 Å². The summed E-state index contributed by atoms with van der Waals surface area (Å²) in [7, 11) is -1.01. The maximum Gasteiger partial charge on any atom is 0.191 e. The van der Waals surface area contributed by atoms with Gasteiger partial charge in [0.25, 0.3) is 0 Å². The molecule has 0 saturated carbocycles. The molecule has 0 bridgehead atoms. The number of nitrogens with one attached hydrogen (secondary N) is 2. The van der Waals surface area contributed by atoms with E-state index in [-0.39, 0.29) is 0 Å². The number of benzene rings is 1. The van der Waals surface area contributed by atoms with Crippen LogP contribution >= 0.6 is 0 Å². The third-order valence-electron chi connectivity index (χ3n) is 3.14. The molecule has 2 N–H and O–H groups in total. The van der Waals surface area contributed by atoms with Crippen molar-refractivity contribution in [3.63, 3.8) is 0 Å². The molecule has 0 radical (unpaired) electrons. The Kier molecular flexibility index (Phi) is 7.39. The molecule has 0 saturated heterocycles. The first-order valence-electron chi connectivity index (χ1n) is 7.77. The molecule has 1 heterocycles. The summed E-state index contributed by atoms with van der Waals surface area (Å²) in [5, 5.41) is 6.44. The lowest BCUT2D eigenvalue weighted by Gasteiger charge is -2.10. The fraction of sp³-hybridized carbons (Fsp3) is 0.353. The summed E-state index contributed by atoms with van der Waals surface area (Å²) in [6.45, 7) is 4.05. The number of nitrogens with zero attached hydrogens (tertiary/aromatic N) is 1. The van der Waals surface area contributed by atoms with Gasteiger partial charge in [-0.05, 0) is 31.2 Å². The third kappa shape index (κ3) is 6.28. The summed E-state index contributed by atoms with van der Waals surface area (Å²) in [6.07, 6.45) is 2.47. The minimum atomic E-state index is -1.01. The molecule has 1 atom stereocenters. The lowest BCUT2D eigenvalue weighted by Crippen LogP contribution is -2.38. The third-order valence-corrected chi connectivity index (χ3v) is 4.49. The van der Waals surface area contributed by atoms with Crippen LogP contribution < -0.4 is 10.6 Å². The molecule has 1 aromatic carbocycles. The molecule has 5 nitrogen and oxygen atoms in total. The number of hydrogen-bond acceptors (Lipinski definition) is 3. The summed E-state index contributed by atoms with van der Waals surface area (Å²) < 4.78 is 17.4. The van der Waals surface area contributed by atoms with Gasteiger partial charge in [-0.25, -0.2) is 0 Å². The standard InChI is InChI=1S/C17H23N3O2S/c1-2-18-17(19-11-10-15-7-6-13-22-15)20-12-14-23(21)16-8-4-3-5-9-16/h3-9,13H,2,10-12,14H2,1H3,(H2,18,19,20). The quantitative estimate of drug-likeness (QED) is 0.574. The highest BCUT2D eigenvalue weighted by Crippen LogP contribution is 2.05. The first kappa shape index (κ1) is 17.3. The molecule has 1 aromatic heterocycles. The van der Waals surface area contributed by atoms with Crippen LogP contribution in [0.25, 0.3) is 0 Å². The fourth-order valence-corrected chi connectivity index (χ4v) is 2.98. The van der Waals surface area contributed by atoms with Gasteiger partial charge < -0.3 is 15.1 Å². The molecular formula is C17H23N3O2S. The summed E-state index contributed by atoms with van der Waals surface area (Å²) >= 11 is 0. The first-order chi connectivity index (χ1) is 11.3. The molecule has 2 rings (SSSR count). The van der Waals surface area contributed by atoms with Crippen molar-refractivity contribution >= 4 is 16.8 Å². The van der Waals surface area contributed by atoms with Gasteiger partial charge in [-0.3, -0.25) is 9.20 Å². The van der Waals surface area contributed by atoms with E-state index in [2.05, 4.69) is 15.6 Å². The Morgan fingerprint density at radius 2 is 2.00 bits per heavy atom. The Bertz CT molecular complexity index is 612. The zero-order chi connectivity index (χ0) is 16.3. The summed E-state index contributed by atoms with van der Waals surface area (Å²) in [5.41, 5.74) is 0. The van der Waals surface area contributed by atoms with E-state index in [0.717, 1.165) is 36.1 Å². The van der Waals surface area contributed by atoms with E-state index >= 15 is 0 Å². The Morgan fingerprint density at radius 1 is 1.17 bits per heavy atom. The fourth-order valence-electron chi connectivity index (χ4n) is 2.03. The molecule has 0 aliphatic carbocycles. The van der Waals surface area contributed by atoms with Crippen LogP contribution in [0.1, 0.15) is 12.7 Å². The van der Waals surface area contributed by atoms with Gasteiger partial charge in [-0.15, -0.1) is 0 Å². The Balaban J connectivity index is 1.77. The highest BCUT2D eigenvalue weighted by molar-refractivity contribution is 7.85. The number of rotatable bonds is 8. The SMILES string of the molecule is CCNC(=NCCS(=O)c1ccccc1)NCCc1ccco1. The van der Waals surface area contributed by atoms with Gasteiger partial charge in [0.1, 0.15) is 5.76 Å². The van der Waals surface area contributed by atoms with Crippen LogP contribution in [0.5, 0.6) is 0 Å². The van der Waals surface area contributed by atoms with E-state index < -0.39 is 10.8 Å². The number of guanidine groups is 1. The molecular weight excluding hydrogens is 310 g/mol. The van der Waals surface area contributed by atoms with Gasteiger partial charge >= 0.3 is 0 Å². The van der Waals surface area contributed by atoms with E-state index in [1.807, 2.05) is 49.4 Å². The van der Waals surface area contributed by atoms with E-state index in [1.165, 1.54) is 0 Å². The number of aliphatic imine (C=N–C) groups is 1. The van der Waals surface area contributed by atoms with Gasteiger partial charge in [0.2, 0.25) is 0 Å². The minimum absolute atomic E-state index is 0.511. The van der Waals surface area contributed by atoms with Crippen LogP contribution in [0, 0.1) is 0 Å². The predicted octanol–water partition coefficient (Wildman–Crippen LogP) is 2.19. The van der Waals surface area contributed by atoms with E-state index in [9.17, 15) is 4.21 Å². The van der Waals surface area contributed by atoms with Crippen molar-refractivity contribution in [1.29, 1.82) is 0 Å². The average Bonchev–Trinajstić information content (AvgIpc) is 3.09. The van der Waals surface area contributed by atoms with Crippen molar-refractivity contribution in [2.24, 2.45) is 4.99 Å². The lowest BCUT2D eigenvalue weighted by atomic mass is 10.3. The average molecular weight is 333 g/mol. The Labute approximate surface area is 139 Å². The van der Waals surface area contributed by atoms with Crippen molar-refractivity contribution in [1.82, 2.24) is 10.6 Å². The predicted molar refractivity (Wildman–Crippen MR) is 94.1 cm³/mol. The summed E-state index contributed by atoms with van der Waals surface area (Å²) in [5.74, 6) is 2.20. The topological polar surface area (TPSA) is 66.6 Å². The highest BCUT2D eigenvalue weighted by Gasteiger charge is 2.03. The van der Waals surface area contributed by atoms with E-state index in [1.54, 1.807) is 6.26 Å². The van der Waals surface area contributed by atoms with Gasteiger partial charge in [0.15, 0.2) is 5.96 Å². The molecule has 0 fully saturated rings. The molecule has 2 aromatic rings. The van der Waals surface area contributed by atoms with Crippen molar-refractivity contribution in [2.45, 2.75) is 18.2 Å². The summed E-state index contributed by atoms with van der Waals surface area (Å²) in [6, 6.07) is 13.3. The smallest absolute Gasteiger partial charge is 0.191 e. The number of hydrogen-bond donors (Lipinski definition) is 2. The minimum Gasteiger partial charge on any atom is -0.469 e. The molecule has 124 valence electrons. The molecule has 0 amide bonds. The maximum atomic E-state index is 12.1. The normalized spacial score (nSPS) is 12.8. The van der Waals surface area contributed by atoms with Crippen LogP contribution in [-0.4, -0.2) is 35.6 Å². The van der Waals surface area contributed by atoms with Crippen LogP contribution in [0.2, 0.25) is 0 Å². The molecule has 0 spiro atoms. The van der Waals surface area contributed by atoms with Crippen molar-refractivity contribution < 1.29 is 8.63 Å². The van der Waals surface area contributed by atoms with Gasteiger partial charge in [-0.2, -0.15) is 0 Å². The van der Waals surface area contributed by atoms with Crippen LogP contribution in [0.3, 0.4) is 0 Å². The molecule has 0 aliphatic rings. The first-order valence-corrected chi connectivity index (χ1v) is 9.09. The number of furan rings is 1. The zero-order valence-corrected chi connectivity index (χ0v) is 14.1. The van der Waals surface area contributed by atoms with Crippen LogP contribution in [-0.2, 0) is 17.2 Å². The van der Waals surface area contributed by atoms with E-state index in [0.29, 0.717) is 12.3 Å². The second-order valence-corrected chi connectivity index (χ2v) is 6.45. The van der Waals surface area contributed by atoms with Crippen LogP contribution in [0.15, 0.2) is 63.0 Å². The van der Waals surface area contributed by atoms with Crippen LogP contribution in [0.4, 0.5) is 0 Å².